The molecule has 86 valence electrons. The standard InChI is InChI=1S/C11H8N2O4/c14-11(15)6-5-8-7-12(16)9-3-1-2-4-10(9)13(8)17/h1-7H,(H,14,15). The van der Waals surface area contributed by atoms with E-state index in [0.717, 1.165) is 18.3 Å². The van der Waals surface area contributed by atoms with Gasteiger partial charge in [-0.2, -0.15) is 9.46 Å². The van der Waals surface area contributed by atoms with E-state index in [4.69, 9.17) is 5.11 Å². The molecule has 0 aliphatic rings. The van der Waals surface area contributed by atoms with Gasteiger partial charge in [-0.05, 0) is 0 Å². The van der Waals surface area contributed by atoms with Crippen LogP contribution in [0.5, 0.6) is 0 Å². The van der Waals surface area contributed by atoms with Gasteiger partial charge in [0.15, 0.2) is 0 Å². The van der Waals surface area contributed by atoms with Gasteiger partial charge in [-0.1, -0.05) is 12.1 Å². The van der Waals surface area contributed by atoms with Crippen molar-refractivity contribution in [2.45, 2.75) is 0 Å². The molecule has 0 aliphatic heterocycles. The molecule has 0 radical (unpaired) electrons. The van der Waals surface area contributed by atoms with Gasteiger partial charge in [0.05, 0.1) is 0 Å². The van der Waals surface area contributed by atoms with Gasteiger partial charge >= 0.3 is 5.97 Å². The molecule has 1 aromatic carbocycles. The van der Waals surface area contributed by atoms with Gasteiger partial charge in [0.2, 0.25) is 0 Å². The first-order valence-electron chi connectivity index (χ1n) is 4.75. The lowest BCUT2D eigenvalue weighted by Gasteiger charge is -2.05. The smallest absolute Gasteiger partial charge is 0.328 e. The number of carboxylic acid groups (broad SMARTS) is 1. The minimum atomic E-state index is -1.18. The topological polar surface area (TPSA) is 91.2 Å². The summed E-state index contributed by atoms with van der Waals surface area (Å²) in [5.74, 6) is -1.18. The van der Waals surface area contributed by atoms with E-state index >= 15 is 0 Å². The molecule has 0 fully saturated rings. The summed E-state index contributed by atoms with van der Waals surface area (Å²) < 4.78 is 1.05. The molecule has 2 rings (SSSR count). The average molecular weight is 232 g/mol. The van der Waals surface area contributed by atoms with Crippen LogP contribution in [-0.2, 0) is 4.79 Å². The number of carbonyl (C=O) groups is 1. The molecule has 0 saturated heterocycles. The van der Waals surface area contributed by atoms with Crippen molar-refractivity contribution in [1.82, 2.24) is 0 Å². The molecule has 2 aromatic rings. The molecule has 1 aromatic heterocycles. The Morgan fingerprint density at radius 2 is 1.88 bits per heavy atom. The van der Waals surface area contributed by atoms with Gasteiger partial charge in [-0.25, -0.2) is 4.79 Å². The summed E-state index contributed by atoms with van der Waals surface area (Å²) in [6.45, 7) is 0. The van der Waals surface area contributed by atoms with Crippen molar-refractivity contribution in [2.24, 2.45) is 0 Å². The van der Waals surface area contributed by atoms with E-state index < -0.39 is 5.97 Å². The van der Waals surface area contributed by atoms with Crippen LogP contribution in [-0.4, -0.2) is 11.1 Å². The quantitative estimate of drug-likeness (QED) is 0.455. The Balaban J connectivity index is 2.67. The van der Waals surface area contributed by atoms with Crippen LogP contribution in [0.15, 0.2) is 36.5 Å². The second kappa shape index (κ2) is 4.09. The van der Waals surface area contributed by atoms with Gasteiger partial charge in [0.1, 0.15) is 0 Å². The van der Waals surface area contributed by atoms with E-state index in [2.05, 4.69) is 0 Å². The number of nitrogens with zero attached hydrogens (tertiary/aromatic N) is 2. The van der Waals surface area contributed by atoms with Crippen molar-refractivity contribution >= 4 is 23.1 Å². The highest BCUT2D eigenvalue weighted by molar-refractivity contribution is 5.84. The number of carboxylic acids is 1. The summed E-state index contributed by atoms with van der Waals surface area (Å²) in [6.07, 6.45) is 2.92. The monoisotopic (exact) mass is 232 g/mol. The maximum atomic E-state index is 11.8. The molecular weight excluding hydrogens is 224 g/mol. The number of benzene rings is 1. The highest BCUT2D eigenvalue weighted by Gasteiger charge is 2.16. The Bertz CT molecular complexity index is 622. The average Bonchev–Trinajstić information content (AvgIpc) is 2.32. The molecule has 17 heavy (non-hydrogen) atoms. The van der Waals surface area contributed by atoms with E-state index in [-0.39, 0.29) is 16.7 Å². The Morgan fingerprint density at radius 3 is 2.53 bits per heavy atom. The van der Waals surface area contributed by atoms with Gasteiger partial charge in [-0.15, -0.1) is 0 Å². The van der Waals surface area contributed by atoms with Gasteiger partial charge in [0, 0.05) is 24.3 Å². The van der Waals surface area contributed by atoms with Crippen molar-refractivity contribution in [2.75, 3.05) is 0 Å². The van der Waals surface area contributed by atoms with Gasteiger partial charge in [-0.3, -0.25) is 0 Å². The molecule has 0 saturated carbocycles. The van der Waals surface area contributed by atoms with E-state index in [1.54, 1.807) is 12.1 Å². The first-order chi connectivity index (χ1) is 8.09. The molecule has 6 heteroatoms. The largest absolute Gasteiger partial charge is 0.618 e. The van der Waals surface area contributed by atoms with Crippen molar-refractivity contribution in [3.63, 3.8) is 0 Å². The summed E-state index contributed by atoms with van der Waals surface area (Å²) >= 11 is 0. The van der Waals surface area contributed by atoms with E-state index in [0.29, 0.717) is 9.46 Å². The summed E-state index contributed by atoms with van der Waals surface area (Å²) in [7, 11) is 0. The maximum Gasteiger partial charge on any atom is 0.328 e. The predicted molar refractivity (Wildman–Crippen MR) is 58.5 cm³/mol. The van der Waals surface area contributed by atoms with Crippen molar-refractivity contribution < 1.29 is 19.4 Å². The van der Waals surface area contributed by atoms with Gasteiger partial charge < -0.3 is 15.5 Å². The van der Waals surface area contributed by atoms with Crippen LogP contribution in [0, 0.1) is 10.4 Å². The zero-order chi connectivity index (χ0) is 12.4. The molecule has 6 nitrogen and oxygen atoms in total. The van der Waals surface area contributed by atoms with E-state index in [9.17, 15) is 15.2 Å². The number of para-hydroxylation sites is 2. The minimum absolute atomic E-state index is 0.0268. The fourth-order valence-corrected chi connectivity index (χ4v) is 1.47. The van der Waals surface area contributed by atoms with Crippen LogP contribution in [0.3, 0.4) is 0 Å². The zero-order valence-corrected chi connectivity index (χ0v) is 8.61. The normalized spacial score (nSPS) is 11.1. The summed E-state index contributed by atoms with van der Waals surface area (Å²) in [5.41, 5.74) is 0.395. The van der Waals surface area contributed by atoms with Crippen LogP contribution in [0.2, 0.25) is 0 Å². The summed E-state index contributed by atoms with van der Waals surface area (Å²) in [6, 6.07) is 6.28. The van der Waals surface area contributed by atoms with E-state index in [1.807, 2.05) is 0 Å². The maximum absolute atomic E-state index is 11.8. The molecule has 0 amide bonds. The summed E-state index contributed by atoms with van der Waals surface area (Å²) in [4.78, 5) is 10.3. The van der Waals surface area contributed by atoms with Crippen LogP contribution >= 0.6 is 0 Å². The number of hydrogen-bond acceptors (Lipinski definition) is 3. The minimum Gasteiger partial charge on any atom is -0.618 e. The van der Waals surface area contributed by atoms with E-state index in [1.165, 1.54) is 12.1 Å². The molecule has 0 spiro atoms. The second-order valence-corrected chi connectivity index (χ2v) is 3.33. The number of aliphatic carboxylic acids is 1. The predicted octanol–water partition coefficient (Wildman–Crippen LogP) is 0.204. The lowest BCUT2D eigenvalue weighted by atomic mass is 10.3. The lowest BCUT2D eigenvalue weighted by molar-refractivity contribution is -0.630. The number of rotatable bonds is 2. The number of fused-ring (bicyclic) bond motifs is 1. The van der Waals surface area contributed by atoms with Crippen molar-refractivity contribution in [1.29, 1.82) is 0 Å². The Hall–Kier alpha value is -2.63. The number of aromatic nitrogens is 2. The Labute approximate surface area is 95.8 Å². The first-order valence-corrected chi connectivity index (χ1v) is 4.75. The van der Waals surface area contributed by atoms with Crippen LogP contribution in [0.4, 0.5) is 0 Å². The third-order valence-corrected chi connectivity index (χ3v) is 2.22. The number of hydrogen-bond donors (Lipinski definition) is 1. The molecule has 0 atom stereocenters. The Kier molecular flexibility index (Phi) is 2.61. The highest BCUT2D eigenvalue weighted by Crippen LogP contribution is 2.05. The lowest BCUT2D eigenvalue weighted by Crippen LogP contribution is -2.40. The molecule has 0 bridgehead atoms. The molecule has 1 N–H and O–H groups in total. The fraction of sp³-hybridized carbons (Fsp3) is 0. The SMILES string of the molecule is O=C(O)C=Cc1c[n+]([O-])c2ccccc2[n+]1[O-]. The van der Waals surface area contributed by atoms with Crippen molar-refractivity contribution in [3.8, 4) is 0 Å². The first kappa shape index (κ1) is 10.9. The summed E-state index contributed by atoms with van der Waals surface area (Å²) in [5, 5.41) is 31.9. The molecule has 0 aliphatic carbocycles. The zero-order valence-electron chi connectivity index (χ0n) is 8.61. The molecule has 0 unspecified atom stereocenters. The third kappa shape index (κ3) is 2.00. The Morgan fingerprint density at radius 1 is 1.24 bits per heavy atom. The fourth-order valence-electron chi connectivity index (χ4n) is 1.47. The van der Waals surface area contributed by atoms with Crippen LogP contribution in [0.25, 0.3) is 17.1 Å². The highest BCUT2D eigenvalue weighted by atomic mass is 16.5. The van der Waals surface area contributed by atoms with Gasteiger partial charge in [0.25, 0.3) is 22.9 Å². The van der Waals surface area contributed by atoms with Crippen LogP contribution in [0.1, 0.15) is 5.69 Å². The molecule has 1 heterocycles. The van der Waals surface area contributed by atoms with Crippen molar-refractivity contribution in [3.05, 3.63) is 52.6 Å². The third-order valence-electron chi connectivity index (χ3n) is 2.22. The molecular formula is C11H8N2O4. The second-order valence-electron chi connectivity index (χ2n) is 3.33. The van der Waals surface area contributed by atoms with Crippen LogP contribution < -0.4 is 9.46 Å².